The molecule has 0 fully saturated rings. The highest BCUT2D eigenvalue weighted by atomic mass is 35.5. The fraction of sp³-hybridized carbons (Fsp3) is 0. The minimum atomic E-state index is -1.07. The molecule has 0 aliphatic carbocycles. The van der Waals surface area contributed by atoms with Crippen molar-refractivity contribution >= 4 is 29.1 Å². The predicted molar refractivity (Wildman–Crippen MR) is 63.7 cm³/mol. The zero-order valence-electron chi connectivity index (χ0n) is 8.59. The lowest BCUT2D eigenvalue weighted by molar-refractivity contribution is 0.0697. The first-order valence-corrected chi connectivity index (χ1v) is 5.10. The number of anilines is 2. The van der Waals surface area contributed by atoms with E-state index in [-0.39, 0.29) is 10.6 Å². The number of carbonyl (C=O) groups is 1. The maximum Gasteiger partial charge on any atom is 0.337 e. The molecule has 0 saturated heterocycles. The number of rotatable bonds is 3. The van der Waals surface area contributed by atoms with Gasteiger partial charge in [0.15, 0.2) is 0 Å². The summed E-state index contributed by atoms with van der Waals surface area (Å²) in [5.74, 6) is -0.538. The van der Waals surface area contributed by atoms with Gasteiger partial charge in [-0.2, -0.15) is 0 Å². The molecule has 0 spiro atoms. The highest BCUT2D eigenvalue weighted by molar-refractivity contribution is 6.33. The third kappa shape index (κ3) is 2.70. The van der Waals surface area contributed by atoms with Gasteiger partial charge in [-0.05, 0) is 18.2 Å². The Morgan fingerprint density at radius 1 is 1.35 bits per heavy atom. The van der Waals surface area contributed by atoms with E-state index < -0.39 is 5.97 Å². The Labute approximate surface area is 102 Å². The Hall–Kier alpha value is -2.14. The quantitative estimate of drug-likeness (QED) is 0.874. The van der Waals surface area contributed by atoms with Crippen molar-refractivity contribution in [3.05, 3.63) is 47.4 Å². The first-order chi connectivity index (χ1) is 8.16. The van der Waals surface area contributed by atoms with E-state index in [9.17, 15) is 4.79 Å². The van der Waals surface area contributed by atoms with Crippen LogP contribution in [0.5, 0.6) is 0 Å². The average molecular weight is 250 g/mol. The van der Waals surface area contributed by atoms with Gasteiger partial charge in [-0.25, -0.2) is 9.78 Å². The lowest BCUT2D eigenvalue weighted by Gasteiger charge is -2.06. The third-order valence-corrected chi connectivity index (χ3v) is 2.36. The molecule has 0 radical (unpaired) electrons. The van der Waals surface area contributed by atoms with Crippen LogP contribution in [0.3, 0.4) is 0 Å². The molecule has 0 amide bonds. The van der Waals surface area contributed by atoms with Gasteiger partial charge in [-0.3, -0.25) is 4.98 Å². The zero-order chi connectivity index (χ0) is 12.3. The number of halogens is 1. The number of nitrogens with one attached hydrogen (secondary N) is 1. The maximum absolute atomic E-state index is 10.9. The van der Waals surface area contributed by atoms with Gasteiger partial charge in [0.25, 0.3) is 0 Å². The maximum atomic E-state index is 10.9. The molecule has 1 heterocycles. The minimum Gasteiger partial charge on any atom is -0.478 e. The second-order valence-electron chi connectivity index (χ2n) is 3.22. The zero-order valence-corrected chi connectivity index (χ0v) is 9.35. The summed E-state index contributed by atoms with van der Waals surface area (Å²) < 4.78 is 0. The molecule has 0 atom stereocenters. The van der Waals surface area contributed by atoms with E-state index in [1.54, 1.807) is 12.3 Å². The summed E-state index contributed by atoms with van der Waals surface area (Å²) in [6, 6.07) is 4.63. The molecule has 86 valence electrons. The Kier molecular flexibility index (Phi) is 3.20. The molecule has 2 N–H and O–H groups in total. The number of nitrogens with zero attached hydrogens (tertiary/aromatic N) is 2. The number of hydrogen-bond acceptors (Lipinski definition) is 4. The van der Waals surface area contributed by atoms with Crippen molar-refractivity contribution in [2.24, 2.45) is 0 Å². The second kappa shape index (κ2) is 4.80. The summed E-state index contributed by atoms with van der Waals surface area (Å²) in [6.45, 7) is 0. The molecule has 0 aliphatic heterocycles. The van der Waals surface area contributed by atoms with Crippen molar-refractivity contribution in [3.63, 3.8) is 0 Å². The van der Waals surface area contributed by atoms with Gasteiger partial charge >= 0.3 is 5.97 Å². The molecular formula is C11H8ClN3O2. The number of aromatic carboxylic acids is 1. The molecule has 2 aromatic rings. The molecule has 1 aromatic heterocycles. The fourth-order valence-electron chi connectivity index (χ4n) is 1.28. The molecule has 17 heavy (non-hydrogen) atoms. The number of benzene rings is 1. The fourth-order valence-corrected chi connectivity index (χ4v) is 1.48. The molecule has 0 unspecified atom stereocenters. The molecular weight excluding hydrogens is 242 g/mol. The van der Waals surface area contributed by atoms with Crippen molar-refractivity contribution < 1.29 is 9.90 Å². The minimum absolute atomic E-state index is 0.0422. The Morgan fingerprint density at radius 2 is 2.18 bits per heavy atom. The van der Waals surface area contributed by atoms with Crippen LogP contribution in [0, 0.1) is 0 Å². The number of carboxylic acid groups (broad SMARTS) is 1. The van der Waals surface area contributed by atoms with Gasteiger partial charge in [-0.15, -0.1) is 0 Å². The smallest absolute Gasteiger partial charge is 0.337 e. The summed E-state index contributed by atoms with van der Waals surface area (Å²) in [4.78, 5) is 18.8. The molecule has 2 rings (SSSR count). The first-order valence-electron chi connectivity index (χ1n) is 4.72. The van der Waals surface area contributed by atoms with Crippen LogP contribution in [0.15, 0.2) is 36.8 Å². The van der Waals surface area contributed by atoms with Crippen molar-refractivity contribution in [3.8, 4) is 0 Å². The molecule has 0 aliphatic rings. The van der Waals surface area contributed by atoms with Crippen LogP contribution < -0.4 is 5.32 Å². The summed E-state index contributed by atoms with van der Waals surface area (Å²) in [5, 5.41) is 12.0. The van der Waals surface area contributed by atoms with Crippen LogP contribution >= 0.6 is 11.6 Å². The van der Waals surface area contributed by atoms with Crippen LogP contribution in [0.4, 0.5) is 11.5 Å². The molecule has 1 aromatic carbocycles. The van der Waals surface area contributed by atoms with Crippen molar-refractivity contribution in [2.75, 3.05) is 5.32 Å². The van der Waals surface area contributed by atoms with Crippen LogP contribution in [-0.2, 0) is 0 Å². The van der Waals surface area contributed by atoms with Gasteiger partial charge in [-0.1, -0.05) is 11.6 Å². The molecule has 6 heteroatoms. The number of hydrogen-bond donors (Lipinski definition) is 2. The van der Waals surface area contributed by atoms with Crippen LogP contribution in [0.2, 0.25) is 5.02 Å². The van der Waals surface area contributed by atoms with E-state index in [0.717, 1.165) is 0 Å². The highest BCUT2D eigenvalue weighted by Gasteiger charge is 2.09. The van der Waals surface area contributed by atoms with Gasteiger partial charge < -0.3 is 10.4 Å². The largest absolute Gasteiger partial charge is 0.478 e. The van der Waals surface area contributed by atoms with E-state index >= 15 is 0 Å². The molecule has 5 nitrogen and oxygen atoms in total. The highest BCUT2D eigenvalue weighted by Crippen LogP contribution is 2.22. The summed E-state index contributed by atoms with van der Waals surface area (Å²) in [6.07, 6.45) is 4.63. The molecule has 0 saturated carbocycles. The summed E-state index contributed by atoms with van der Waals surface area (Å²) in [5.41, 5.74) is 0.632. The molecule has 0 bridgehead atoms. The summed E-state index contributed by atoms with van der Waals surface area (Å²) in [7, 11) is 0. The normalized spacial score (nSPS) is 9.94. The monoisotopic (exact) mass is 249 g/mol. The topological polar surface area (TPSA) is 75.1 Å². The second-order valence-corrected chi connectivity index (χ2v) is 3.62. The van der Waals surface area contributed by atoms with Crippen LogP contribution in [0.25, 0.3) is 0 Å². The van der Waals surface area contributed by atoms with Crippen LogP contribution in [-0.4, -0.2) is 21.0 Å². The van der Waals surface area contributed by atoms with E-state index in [4.69, 9.17) is 16.7 Å². The Bertz CT molecular complexity index is 546. The third-order valence-electron chi connectivity index (χ3n) is 2.03. The van der Waals surface area contributed by atoms with E-state index in [2.05, 4.69) is 15.3 Å². The number of aromatic nitrogens is 2. The Morgan fingerprint density at radius 3 is 2.82 bits per heavy atom. The van der Waals surface area contributed by atoms with Crippen LogP contribution in [0.1, 0.15) is 10.4 Å². The lowest BCUT2D eigenvalue weighted by Crippen LogP contribution is -2.00. The first kappa shape index (κ1) is 11.3. The van der Waals surface area contributed by atoms with E-state index in [1.807, 2.05) is 0 Å². The van der Waals surface area contributed by atoms with Crippen molar-refractivity contribution in [1.29, 1.82) is 0 Å². The SMILES string of the molecule is O=C(O)c1cc(Nc2cnccn2)ccc1Cl. The lowest BCUT2D eigenvalue weighted by atomic mass is 10.2. The standard InChI is InChI=1S/C11H8ClN3O2/c12-9-2-1-7(5-8(9)11(16)17)15-10-6-13-3-4-14-10/h1-6H,(H,14,15)(H,16,17). The number of carboxylic acids is 1. The van der Waals surface area contributed by atoms with Crippen molar-refractivity contribution in [2.45, 2.75) is 0 Å². The predicted octanol–water partition coefficient (Wildman–Crippen LogP) is 2.57. The average Bonchev–Trinajstić information content (AvgIpc) is 2.32. The van der Waals surface area contributed by atoms with E-state index in [1.165, 1.54) is 24.5 Å². The van der Waals surface area contributed by atoms with Gasteiger partial charge in [0.05, 0.1) is 16.8 Å². The van der Waals surface area contributed by atoms with Gasteiger partial charge in [0.2, 0.25) is 0 Å². The van der Waals surface area contributed by atoms with Gasteiger partial charge in [0.1, 0.15) is 5.82 Å². The summed E-state index contributed by atoms with van der Waals surface area (Å²) >= 11 is 5.76. The van der Waals surface area contributed by atoms with Gasteiger partial charge in [0, 0.05) is 18.1 Å². The van der Waals surface area contributed by atoms with Crippen molar-refractivity contribution in [1.82, 2.24) is 9.97 Å². The Balaban J connectivity index is 2.29. The van der Waals surface area contributed by atoms with E-state index in [0.29, 0.717) is 11.5 Å².